The number of hydrogen-bond acceptors (Lipinski definition) is 4. The van der Waals surface area contributed by atoms with Crippen LogP contribution in [0.4, 0.5) is 0 Å². The molecule has 5 nitrogen and oxygen atoms in total. The van der Waals surface area contributed by atoms with Gasteiger partial charge in [-0.05, 0) is 30.4 Å². The Morgan fingerprint density at radius 2 is 1.47 bits per heavy atom. The van der Waals surface area contributed by atoms with Crippen LogP contribution >= 0.6 is 0 Å². The van der Waals surface area contributed by atoms with Crippen molar-refractivity contribution in [2.24, 2.45) is 0 Å². The number of nitrogens with one attached hydrogen (secondary N) is 1. The topological polar surface area (TPSA) is 66.5 Å². The van der Waals surface area contributed by atoms with E-state index < -0.39 is 9.84 Å². The summed E-state index contributed by atoms with van der Waals surface area (Å²) in [5, 5.41) is 3.46. The van der Waals surface area contributed by atoms with E-state index in [-0.39, 0.29) is 42.1 Å². The van der Waals surface area contributed by atoms with Crippen molar-refractivity contribution in [3.63, 3.8) is 0 Å². The van der Waals surface area contributed by atoms with Crippen LogP contribution in [0.1, 0.15) is 49.3 Å². The van der Waals surface area contributed by atoms with Gasteiger partial charge >= 0.3 is 0 Å². The Balaban J connectivity index is 1.52. The van der Waals surface area contributed by atoms with Gasteiger partial charge in [0.1, 0.15) is 0 Å². The fraction of sp³-hybridized carbons (Fsp3) is 0.458. The van der Waals surface area contributed by atoms with Gasteiger partial charge in [-0.15, -0.1) is 0 Å². The molecule has 2 aromatic carbocycles. The molecule has 2 aromatic rings. The summed E-state index contributed by atoms with van der Waals surface area (Å²) in [7, 11) is -3.04. The lowest BCUT2D eigenvalue weighted by atomic mass is 9.98. The second-order valence-electron chi connectivity index (χ2n) is 8.43. The minimum absolute atomic E-state index is 0.0147. The summed E-state index contributed by atoms with van der Waals surface area (Å²) in [6.07, 6.45) is 4.73. The summed E-state index contributed by atoms with van der Waals surface area (Å²) in [4.78, 5) is 15.3. The van der Waals surface area contributed by atoms with E-state index in [0.29, 0.717) is 6.42 Å². The second kappa shape index (κ2) is 9.31. The van der Waals surface area contributed by atoms with Gasteiger partial charge in [0.05, 0.1) is 24.1 Å². The molecular formula is C24H30N2O3S. The highest BCUT2D eigenvalue weighted by molar-refractivity contribution is 7.91. The van der Waals surface area contributed by atoms with Crippen LogP contribution in [0.25, 0.3) is 0 Å². The molecule has 1 atom stereocenters. The van der Waals surface area contributed by atoms with Crippen LogP contribution in [0.3, 0.4) is 0 Å². The normalized spacial score (nSPS) is 21.2. The summed E-state index contributed by atoms with van der Waals surface area (Å²) in [5.74, 6) is 0.315. The van der Waals surface area contributed by atoms with Crippen molar-refractivity contribution < 1.29 is 13.2 Å². The van der Waals surface area contributed by atoms with E-state index in [1.54, 1.807) is 0 Å². The van der Waals surface area contributed by atoms with Crippen LogP contribution in [-0.4, -0.2) is 49.4 Å². The fourth-order valence-corrected chi connectivity index (χ4v) is 6.59. The van der Waals surface area contributed by atoms with E-state index in [4.69, 9.17) is 0 Å². The summed E-state index contributed by atoms with van der Waals surface area (Å²) < 4.78 is 24.1. The van der Waals surface area contributed by atoms with Crippen LogP contribution in [0, 0.1) is 0 Å². The predicted molar refractivity (Wildman–Crippen MR) is 119 cm³/mol. The molecule has 0 radical (unpaired) electrons. The van der Waals surface area contributed by atoms with Gasteiger partial charge in [-0.1, -0.05) is 73.5 Å². The van der Waals surface area contributed by atoms with E-state index in [1.165, 1.54) is 0 Å². The molecule has 2 fully saturated rings. The highest BCUT2D eigenvalue weighted by atomic mass is 32.2. The number of rotatable bonds is 7. The fourth-order valence-electron chi connectivity index (χ4n) is 4.88. The maximum Gasteiger partial charge on any atom is 0.237 e. The highest BCUT2D eigenvalue weighted by Crippen LogP contribution is 2.29. The van der Waals surface area contributed by atoms with Gasteiger partial charge in [0.2, 0.25) is 5.91 Å². The SMILES string of the molecule is O=C(CNC(c1ccccc1)c1ccccc1)N(C1CCCC1)C1CCS(=O)(=O)C1. The molecule has 6 heteroatoms. The lowest BCUT2D eigenvalue weighted by Crippen LogP contribution is -2.50. The molecule has 0 bridgehead atoms. The highest BCUT2D eigenvalue weighted by Gasteiger charge is 2.38. The Labute approximate surface area is 179 Å². The summed E-state index contributed by atoms with van der Waals surface area (Å²) in [6.45, 7) is 0.196. The van der Waals surface area contributed by atoms with E-state index >= 15 is 0 Å². The van der Waals surface area contributed by atoms with Crippen molar-refractivity contribution in [1.82, 2.24) is 10.2 Å². The first-order chi connectivity index (χ1) is 14.5. The molecule has 1 saturated heterocycles. The van der Waals surface area contributed by atoms with Crippen molar-refractivity contribution >= 4 is 15.7 Å². The molecule has 1 aliphatic carbocycles. The lowest BCUT2D eigenvalue weighted by Gasteiger charge is -2.34. The monoisotopic (exact) mass is 426 g/mol. The first-order valence-electron chi connectivity index (χ1n) is 10.9. The Morgan fingerprint density at radius 3 is 1.97 bits per heavy atom. The van der Waals surface area contributed by atoms with Crippen molar-refractivity contribution in [3.8, 4) is 0 Å². The van der Waals surface area contributed by atoms with Crippen LogP contribution < -0.4 is 5.32 Å². The van der Waals surface area contributed by atoms with Crippen molar-refractivity contribution in [2.45, 2.75) is 50.2 Å². The van der Waals surface area contributed by atoms with E-state index in [9.17, 15) is 13.2 Å². The number of nitrogens with zero attached hydrogens (tertiary/aromatic N) is 1. The van der Waals surface area contributed by atoms with Gasteiger partial charge in [-0.2, -0.15) is 0 Å². The van der Waals surface area contributed by atoms with Gasteiger partial charge in [0.25, 0.3) is 0 Å². The maximum absolute atomic E-state index is 13.4. The third kappa shape index (κ3) is 4.93. The molecule has 30 heavy (non-hydrogen) atoms. The average Bonchev–Trinajstić information content (AvgIpc) is 3.40. The summed E-state index contributed by atoms with van der Waals surface area (Å²) in [6, 6.07) is 20.1. The van der Waals surface area contributed by atoms with Crippen LogP contribution in [0.2, 0.25) is 0 Å². The molecule has 0 spiro atoms. The Kier molecular flexibility index (Phi) is 6.54. The molecule has 160 valence electrons. The molecule has 1 heterocycles. The Bertz CT molecular complexity index is 901. The number of hydrogen-bond donors (Lipinski definition) is 1. The van der Waals surface area contributed by atoms with Crippen LogP contribution in [-0.2, 0) is 14.6 Å². The molecule has 2 aliphatic rings. The summed E-state index contributed by atoms with van der Waals surface area (Å²) in [5.41, 5.74) is 2.21. The number of carbonyl (C=O) groups excluding carboxylic acids is 1. The van der Waals surface area contributed by atoms with Gasteiger partial charge in [-0.3, -0.25) is 10.1 Å². The molecule has 0 aromatic heterocycles. The zero-order valence-corrected chi connectivity index (χ0v) is 18.1. The lowest BCUT2D eigenvalue weighted by molar-refractivity contribution is -0.134. The molecule has 1 aliphatic heterocycles. The minimum Gasteiger partial charge on any atom is -0.335 e. The van der Waals surface area contributed by atoms with Gasteiger partial charge in [0.15, 0.2) is 9.84 Å². The van der Waals surface area contributed by atoms with Crippen molar-refractivity contribution in [3.05, 3.63) is 71.8 Å². The van der Waals surface area contributed by atoms with E-state index in [1.807, 2.05) is 41.3 Å². The second-order valence-corrected chi connectivity index (χ2v) is 10.7. The molecule has 1 N–H and O–H groups in total. The Morgan fingerprint density at radius 1 is 0.900 bits per heavy atom. The molecular weight excluding hydrogens is 396 g/mol. The van der Waals surface area contributed by atoms with Crippen molar-refractivity contribution in [2.75, 3.05) is 18.1 Å². The number of sulfone groups is 1. The summed E-state index contributed by atoms with van der Waals surface area (Å²) >= 11 is 0. The van der Waals surface area contributed by atoms with Crippen molar-refractivity contribution in [1.29, 1.82) is 0 Å². The quantitative estimate of drug-likeness (QED) is 0.738. The molecule has 1 amide bonds. The number of benzene rings is 2. The minimum atomic E-state index is -3.04. The molecule has 4 rings (SSSR count). The van der Waals surface area contributed by atoms with Crippen LogP contribution in [0.15, 0.2) is 60.7 Å². The third-order valence-electron chi connectivity index (χ3n) is 6.33. The van der Waals surface area contributed by atoms with Gasteiger partial charge in [-0.25, -0.2) is 8.42 Å². The average molecular weight is 427 g/mol. The third-order valence-corrected chi connectivity index (χ3v) is 8.08. The largest absolute Gasteiger partial charge is 0.335 e. The molecule has 1 unspecified atom stereocenters. The standard InChI is InChI=1S/C24H30N2O3S/c27-23(26(21-13-7-8-14-21)22-15-16-30(28,29)18-22)17-25-24(19-9-3-1-4-10-19)20-11-5-2-6-12-20/h1-6,9-12,21-22,24-25H,7-8,13-18H2. The smallest absolute Gasteiger partial charge is 0.237 e. The predicted octanol–water partition coefficient (Wildman–Crippen LogP) is 3.32. The van der Waals surface area contributed by atoms with E-state index in [0.717, 1.165) is 36.8 Å². The number of carbonyl (C=O) groups is 1. The van der Waals surface area contributed by atoms with Crippen LogP contribution in [0.5, 0.6) is 0 Å². The Hall–Kier alpha value is -2.18. The van der Waals surface area contributed by atoms with E-state index in [2.05, 4.69) is 29.6 Å². The number of amides is 1. The molecule has 1 saturated carbocycles. The first-order valence-corrected chi connectivity index (χ1v) is 12.7. The van der Waals surface area contributed by atoms with Gasteiger partial charge < -0.3 is 4.90 Å². The maximum atomic E-state index is 13.4. The zero-order valence-electron chi connectivity index (χ0n) is 17.2. The zero-order chi connectivity index (χ0) is 21.0. The van der Waals surface area contributed by atoms with Gasteiger partial charge in [0, 0.05) is 12.1 Å². The first kappa shape index (κ1) is 21.1.